The van der Waals surface area contributed by atoms with Gasteiger partial charge in [0.1, 0.15) is 6.10 Å². The van der Waals surface area contributed by atoms with Gasteiger partial charge < -0.3 is 15.3 Å². The minimum Gasteiger partial charge on any atom is -0.481 e. The molecule has 0 aliphatic heterocycles. The monoisotopic (exact) mass is 255 g/mol. The lowest BCUT2D eigenvalue weighted by Crippen LogP contribution is -2.22. The van der Waals surface area contributed by atoms with Crippen LogP contribution in [0.3, 0.4) is 0 Å². The van der Waals surface area contributed by atoms with E-state index in [2.05, 4.69) is 0 Å². The lowest BCUT2D eigenvalue weighted by atomic mass is 9.97. The number of aliphatic hydroxyl groups excluding tert-OH is 2. The van der Waals surface area contributed by atoms with E-state index in [-0.39, 0.29) is 11.3 Å². The van der Waals surface area contributed by atoms with Crippen molar-refractivity contribution in [3.05, 3.63) is 39.4 Å². The third-order valence-corrected chi connectivity index (χ3v) is 2.54. The maximum atomic E-state index is 10.6. The van der Waals surface area contributed by atoms with Crippen molar-refractivity contribution >= 4 is 11.7 Å². The van der Waals surface area contributed by atoms with Crippen LogP contribution in [-0.4, -0.2) is 32.3 Å². The Morgan fingerprint density at radius 3 is 2.56 bits per heavy atom. The molecule has 0 spiro atoms. The Labute approximate surface area is 102 Å². The fourth-order valence-corrected chi connectivity index (χ4v) is 1.56. The number of nitro benzene ring substituents is 1. The average molecular weight is 255 g/mol. The summed E-state index contributed by atoms with van der Waals surface area (Å²) in [4.78, 5) is 20.4. The molecule has 1 aromatic carbocycles. The highest BCUT2D eigenvalue weighted by Gasteiger charge is 2.24. The van der Waals surface area contributed by atoms with Crippen LogP contribution in [0.5, 0.6) is 0 Å². The van der Waals surface area contributed by atoms with Gasteiger partial charge in [-0.25, -0.2) is 0 Å². The van der Waals surface area contributed by atoms with E-state index in [1.54, 1.807) is 6.92 Å². The van der Waals surface area contributed by atoms with E-state index >= 15 is 0 Å². The highest BCUT2D eigenvalue weighted by Crippen LogP contribution is 2.26. The third kappa shape index (κ3) is 3.25. The summed E-state index contributed by atoms with van der Waals surface area (Å²) in [6.45, 7) is 1.61. The van der Waals surface area contributed by atoms with Gasteiger partial charge in [-0.2, -0.15) is 0 Å². The molecule has 0 bridgehead atoms. The quantitative estimate of drug-likeness (QED) is 0.528. The van der Waals surface area contributed by atoms with E-state index in [0.29, 0.717) is 5.56 Å². The second kappa shape index (κ2) is 5.56. The number of rotatable bonds is 5. The lowest BCUT2D eigenvalue weighted by molar-refractivity contribution is -0.385. The number of hydrogen-bond donors (Lipinski definition) is 3. The van der Waals surface area contributed by atoms with Gasteiger partial charge in [-0.15, -0.1) is 0 Å². The zero-order valence-corrected chi connectivity index (χ0v) is 9.61. The smallest absolute Gasteiger partial charge is 0.306 e. The molecule has 0 aliphatic carbocycles. The van der Waals surface area contributed by atoms with Crippen LogP contribution in [0.4, 0.5) is 5.69 Å². The van der Waals surface area contributed by atoms with E-state index < -0.39 is 29.5 Å². The summed E-state index contributed by atoms with van der Waals surface area (Å²) in [6.07, 6.45) is -3.62. The first-order valence-electron chi connectivity index (χ1n) is 5.15. The largest absolute Gasteiger partial charge is 0.481 e. The van der Waals surface area contributed by atoms with Crippen molar-refractivity contribution in [3.63, 3.8) is 0 Å². The normalized spacial score (nSPS) is 13.9. The molecule has 1 rings (SSSR count). The first kappa shape index (κ1) is 14.1. The molecule has 7 nitrogen and oxygen atoms in total. The summed E-state index contributed by atoms with van der Waals surface area (Å²) in [5.41, 5.74) is 0.465. The molecule has 0 saturated heterocycles. The Morgan fingerprint density at radius 1 is 1.44 bits per heavy atom. The van der Waals surface area contributed by atoms with Crippen molar-refractivity contribution in [1.82, 2.24) is 0 Å². The zero-order chi connectivity index (χ0) is 13.9. The lowest BCUT2D eigenvalue weighted by Gasteiger charge is -2.18. The van der Waals surface area contributed by atoms with Gasteiger partial charge in [0.25, 0.3) is 5.69 Å². The van der Waals surface area contributed by atoms with Crippen LogP contribution in [-0.2, 0) is 4.79 Å². The molecule has 0 aromatic heterocycles. The number of aliphatic hydroxyl groups is 2. The first-order chi connectivity index (χ1) is 8.32. The molecule has 7 heteroatoms. The average Bonchev–Trinajstić information content (AvgIpc) is 2.27. The minimum absolute atomic E-state index is 0.151. The molecule has 3 N–H and O–H groups in total. The van der Waals surface area contributed by atoms with E-state index in [9.17, 15) is 25.1 Å². The molecule has 0 amide bonds. The van der Waals surface area contributed by atoms with Crippen LogP contribution in [0.1, 0.15) is 23.7 Å². The molecule has 0 saturated carbocycles. The Morgan fingerprint density at radius 2 is 2.06 bits per heavy atom. The van der Waals surface area contributed by atoms with Crippen molar-refractivity contribution in [2.45, 2.75) is 25.6 Å². The molecule has 0 radical (unpaired) electrons. The molecule has 1 aromatic rings. The number of carbonyl (C=O) groups is 1. The van der Waals surface area contributed by atoms with Crippen LogP contribution in [0.15, 0.2) is 18.2 Å². The van der Waals surface area contributed by atoms with Crippen molar-refractivity contribution in [3.8, 4) is 0 Å². The van der Waals surface area contributed by atoms with Crippen LogP contribution < -0.4 is 0 Å². The van der Waals surface area contributed by atoms with Crippen LogP contribution in [0.2, 0.25) is 0 Å². The third-order valence-electron chi connectivity index (χ3n) is 2.54. The molecule has 2 atom stereocenters. The Bertz CT molecular complexity index is 473. The molecule has 18 heavy (non-hydrogen) atoms. The first-order valence-corrected chi connectivity index (χ1v) is 5.15. The molecular weight excluding hydrogens is 242 g/mol. The van der Waals surface area contributed by atoms with E-state index in [4.69, 9.17) is 5.11 Å². The number of aryl methyl sites for hydroxylation is 1. The number of non-ortho nitro benzene ring substituents is 1. The second-order valence-corrected chi connectivity index (χ2v) is 3.91. The molecule has 0 heterocycles. The Hall–Kier alpha value is -1.99. The fourth-order valence-electron chi connectivity index (χ4n) is 1.56. The van der Waals surface area contributed by atoms with Gasteiger partial charge in [0.2, 0.25) is 0 Å². The number of nitro groups is 1. The molecule has 98 valence electrons. The van der Waals surface area contributed by atoms with Crippen LogP contribution in [0, 0.1) is 17.0 Å². The number of aliphatic carboxylic acids is 1. The summed E-state index contributed by atoms with van der Waals surface area (Å²) < 4.78 is 0. The van der Waals surface area contributed by atoms with Gasteiger partial charge in [0.15, 0.2) is 0 Å². The summed E-state index contributed by atoms with van der Waals surface area (Å²) in [7, 11) is 0. The number of hydrogen-bond acceptors (Lipinski definition) is 5. The van der Waals surface area contributed by atoms with Crippen molar-refractivity contribution < 1.29 is 25.0 Å². The number of benzene rings is 1. The van der Waals surface area contributed by atoms with Crippen LogP contribution >= 0.6 is 0 Å². The second-order valence-electron chi connectivity index (χ2n) is 3.91. The fraction of sp³-hybridized carbons (Fsp3) is 0.364. The minimum atomic E-state index is -1.51. The molecule has 0 aliphatic rings. The van der Waals surface area contributed by atoms with Gasteiger partial charge in [0.05, 0.1) is 17.4 Å². The maximum Gasteiger partial charge on any atom is 0.306 e. The van der Waals surface area contributed by atoms with Crippen molar-refractivity contribution in [1.29, 1.82) is 0 Å². The summed E-state index contributed by atoms with van der Waals surface area (Å²) in [5.74, 6) is -1.26. The highest BCUT2D eigenvalue weighted by atomic mass is 16.6. The van der Waals surface area contributed by atoms with Gasteiger partial charge in [-0.3, -0.25) is 14.9 Å². The summed E-state index contributed by atoms with van der Waals surface area (Å²) >= 11 is 0. The Balaban J connectivity index is 3.03. The molecular formula is C11H13NO6. The van der Waals surface area contributed by atoms with Gasteiger partial charge >= 0.3 is 5.97 Å². The van der Waals surface area contributed by atoms with Gasteiger partial charge in [-0.05, 0) is 18.1 Å². The summed E-state index contributed by atoms with van der Waals surface area (Å²) in [5, 5.41) is 38.4. The topological polar surface area (TPSA) is 121 Å². The van der Waals surface area contributed by atoms with Crippen molar-refractivity contribution in [2.75, 3.05) is 0 Å². The van der Waals surface area contributed by atoms with E-state index in [0.717, 1.165) is 6.07 Å². The number of carboxylic acids is 1. The predicted molar refractivity (Wildman–Crippen MR) is 61.1 cm³/mol. The van der Waals surface area contributed by atoms with Gasteiger partial charge in [-0.1, -0.05) is 6.07 Å². The predicted octanol–water partition coefficient (Wildman–Crippen LogP) is 0.772. The van der Waals surface area contributed by atoms with E-state index in [1.807, 2.05) is 0 Å². The molecule has 0 fully saturated rings. The highest BCUT2D eigenvalue weighted by molar-refractivity contribution is 5.67. The Kier molecular flexibility index (Phi) is 4.35. The van der Waals surface area contributed by atoms with Gasteiger partial charge in [0, 0.05) is 12.1 Å². The number of carboxylic acid groups (broad SMARTS) is 1. The van der Waals surface area contributed by atoms with Crippen molar-refractivity contribution in [2.24, 2.45) is 0 Å². The zero-order valence-electron chi connectivity index (χ0n) is 9.61. The maximum absolute atomic E-state index is 10.6. The standard InChI is InChI=1S/C11H13NO6/c1-6-2-3-7(12(17)18)4-8(6)11(16)9(13)5-10(14)15/h2-4,9,11,13,16H,5H2,1H3,(H,14,15). The van der Waals surface area contributed by atoms with Crippen LogP contribution in [0.25, 0.3) is 0 Å². The molecule has 2 unspecified atom stereocenters. The SMILES string of the molecule is Cc1ccc([N+](=O)[O-])cc1C(O)C(O)CC(=O)O. The van der Waals surface area contributed by atoms with E-state index in [1.165, 1.54) is 12.1 Å². The number of nitrogens with zero attached hydrogens (tertiary/aromatic N) is 1. The summed E-state index contributed by atoms with van der Waals surface area (Å²) in [6, 6.07) is 3.84.